The van der Waals surface area contributed by atoms with Crippen molar-refractivity contribution in [2.24, 2.45) is 5.10 Å². The fourth-order valence-corrected chi connectivity index (χ4v) is 3.04. The third-order valence-electron chi connectivity index (χ3n) is 4.53. The maximum absolute atomic E-state index is 12.7. The van der Waals surface area contributed by atoms with Crippen LogP contribution in [0, 0.1) is 0 Å². The third-order valence-corrected chi connectivity index (χ3v) is 4.53. The van der Waals surface area contributed by atoms with Gasteiger partial charge in [-0.15, -0.1) is 0 Å². The highest BCUT2D eigenvalue weighted by atomic mass is 16.5. The van der Waals surface area contributed by atoms with Crippen molar-refractivity contribution in [3.63, 3.8) is 0 Å². The number of anilines is 1. The molecule has 1 N–H and O–H groups in total. The summed E-state index contributed by atoms with van der Waals surface area (Å²) in [6.45, 7) is 4.06. The highest BCUT2D eigenvalue weighted by Gasteiger charge is 2.10. The Morgan fingerprint density at radius 2 is 2.03 bits per heavy atom. The second-order valence-corrected chi connectivity index (χ2v) is 6.39. The first-order valence-electron chi connectivity index (χ1n) is 9.11. The summed E-state index contributed by atoms with van der Waals surface area (Å²) in [6, 6.07) is 12.3. The van der Waals surface area contributed by atoms with Gasteiger partial charge >= 0.3 is 0 Å². The second kappa shape index (κ2) is 8.55. The number of carbonyl (C=O) groups is 1. The lowest BCUT2D eigenvalue weighted by atomic mass is 10.0. The quantitative estimate of drug-likeness (QED) is 0.482. The molecule has 0 spiro atoms. The summed E-state index contributed by atoms with van der Waals surface area (Å²) < 4.78 is 6.71. The van der Waals surface area contributed by atoms with Crippen LogP contribution in [0.1, 0.15) is 25.0 Å². The third kappa shape index (κ3) is 4.26. The van der Waals surface area contributed by atoms with Gasteiger partial charge in [0.15, 0.2) is 0 Å². The van der Waals surface area contributed by atoms with Crippen molar-refractivity contribution in [1.82, 2.24) is 9.55 Å². The van der Waals surface area contributed by atoms with E-state index in [1.54, 1.807) is 43.3 Å². The van der Waals surface area contributed by atoms with Gasteiger partial charge in [0.1, 0.15) is 5.75 Å². The molecule has 0 radical (unpaired) electrons. The number of nitrogens with zero attached hydrogens (tertiary/aromatic N) is 3. The number of carboxylic acid groups (broad SMARTS) is 1. The lowest BCUT2D eigenvalue weighted by Gasteiger charge is -2.13. The zero-order valence-electron chi connectivity index (χ0n) is 16.4. The zero-order chi connectivity index (χ0) is 21.0. The number of nitrogens with one attached hydrogen (secondary N) is 1. The van der Waals surface area contributed by atoms with Crippen LogP contribution < -0.4 is 20.8 Å². The molecule has 1 aromatic heterocycles. The Morgan fingerprint density at radius 1 is 1.28 bits per heavy atom. The number of aliphatic carboxylic acids is 1. The Labute approximate surface area is 167 Å². The minimum Gasteiger partial charge on any atom is -0.550 e. The fourth-order valence-electron chi connectivity index (χ4n) is 3.04. The Balaban J connectivity index is 1.96. The van der Waals surface area contributed by atoms with Crippen molar-refractivity contribution in [3.05, 3.63) is 63.9 Å². The van der Waals surface area contributed by atoms with E-state index in [1.807, 2.05) is 13.0 Å². The molecule has 0 fully saturated rings. The molecule has 3 aromatic rings. The van der Waals surface area contributed by atoms with Gasteiger partial charge in [0.25, 0.3) is 5.56 Å². The molecule has 3 rings (SSSR count). The molecule has 0 saturated heterocycles. The monoisotopic (exact) mass is 393 g/mol. The number of aromatic nitrogens is 2. The van der Waals surface area contributed by atoms with Crippen molar-refractivity contribution in [1.29, 1.82) is 0 Å². The molecule has 150 valence electrons. The van der Waals surface area contributed by atoms with Crippen LogP contribution in [-0.4, -0.2) is 28.3 Å². The molecule has 1 heterocycles. The maximum Gasteiger partial charge on any atom is 0.262 e. The fraction of sp³-hybridized carbons (Fsp3) is 0.238. The number of hydrazone groups is 1. The first kappa shape index (κ1) is 20.1. The number of ether oxygens (including phenoxy) is 1. The van der Waals surface area contributed by atoms with Gasteiger partial charge in [0.2, 0.25) is 5.95 Å². The van der Waals surface area contributed by atoms with E-state index in [9.17, 15) is 14.7 Å². The van der Waals surface area contributed by atoms with E-state index in [0.717, 1.165) is 0 Å². The molecule has 0 atom stereocenters. The van der Waals surface area contributed by atoms with Crippen LogP contribution in [0.5, 0.6) is 5.75 Å². The maximum atomic E-state index is 12.7. The van der Waals surface area contributed by atoms with E-state index >= 15 is 0 Å². The SMILES string of the molecule is CCn1c(N/N=C(/C)c2ccc(OC)c(CC(=O)[O-])c2)nc2ccccc2c1=O. The number of hydrogen-bond acceptors (Lipinski definition) is 7. The predicted octanol–water partition coefficient (Wildman–Crippen LogP) is 1.55. The molecule has 2 aromatic carbocycles. The number of rotatable bonds is 7. The minimum atomic E-state index is -1.19. The highest BCUT2D eigenvalue weighted by Crippen LogP contribution is 2.21. The molecule has 8 nitrogen and oxygen atoms in total. The lowest BCUT2D eigenvalue weighted by molar-refractivity contribution is -0.304. The summed E-state index contributed by atoms with van der Waals surface area (Å²) >= 11 is 0. The van der Waals surface area contributed by atoms with Gasteiger partial charge in [-0.05, 0) is 49.7 Å². The number of fused-ring (bicyclic) bond motifs is 1. The van der Waals surface area contributed by atoms with Crippen molar-refractivity contribution < 1.29 is 14.6 Å². The summed E-state index contributed by atoms with van der Waals surface area (Å²) in [4.78, 5) is 28.2. The van der Waals surface area contributed by atoms with Gasteiger partial charge in [-0.3, -0.25) is 9.36 Å². The molecule has 0 aliphatic carbocycles. The number of carboxylic acids is 1. The van der Waals surface area contributed by atoms with Crippen molar-refractivity contribution in [3.8, 4) is 5.75 Å². The van der Waals surface area contributed by atoms with Crippen LogP contribution in [0.4, 0.5) is 5.95 Å². The van der Waals surface area contributed by atoms with E-state index in [4.69, 9.17) is 4.74 Å². The van der Waals surface area contributed by atoms with Crippen LogP contribution in [0.2, 0.25) is 0 Å². The standard InChI is InChI=1S/C21H22N4O4/c1-4-25-20(28)16-7-5-6-8-17(16)22-21(25)24-23-13(2)14-9-10-18(29-3)15(11-14)12-19(26)27/h5-11H,4,12H2,1-3H3,(H,22,24)(H,26,27)/p-1/b23-13-. The summed E-state index contributed by atoms with van der Waals surface area (Å²) in [5, 5.41) is 15.9. The summed E-state index contributed by atoms with van der Waals surface area (Å²) in [5.41, 5.74) is 5.10. The molecule has 0 aliphatic heterocycles. The molecule has 29 heavy (non-hydrogen) atoms. The smallest absolute Gasteiger partial charge is 0.262 e. The normalized spacial score (nSPS) is 11.5. The first-order valence-corrected chi connectivity index (χ1v) is 9.11. The molecule has 0 saturated carbocycles. The van der Waals surface area contributed by atoms with Crippen LogP contribution >= 0.6 is 0 Å². The molecule has 0 amide bonds. The first-order chi connectivity index (χ1) is 13.9. The number of carbonyl (C=O) groups excluding carboxylic acids is 1. The van der Waals surface area contributed by atoms with Crippen molar-refractivity contribution in [2.75, 3.05) is 12.5 Å². The number of hydrogen-bond donors (Lipinski definition) is 1. The van der Waals surface area contributed by atoms with Gasteiger partial charge in [0, 0.05) is 24.5 Å². The van der Waals surface area contributed by atoms with Crippen LogP contribution in [0.3, 0.4) is 0 Å². The Kier molecular flexibility index (Phi) is 5.92. The molecule has 0 aliphatic rings. The summed E-state index contributed by atoms with van der Waals surface area (Å²) in [5.74, 6) is -0.394. The zero-order valence-corrected chi connectivity index (χ0v) is 16.4. The molecular formula is C21H21N4O4-. The van der Waals surface area contributed by atoms with Crippen molar-refractivity contribution in [2.45, 2.75) is 26.8 Å². The van der Waals surface area contributed by atoms with Crippen LogP contribution in [0.15, 0.2) is 52.4 Å². The van der Waals surface area contributed by atoms with E-state index in [2.05, 4.69) is 15.5 Å². The Bertz CT molecular complexity index is 1150. The largest absolute Gasteiger partial charge is 0.550 e. The van der Waals surface area contributed by atoms with Crippen molar-refractivity contribution >= 4 is 28.5 Å². The molecule has 8 heteroatoms. The van der Waals surface area contributed by atoms with Gasteiger partial charge < -0.3 is 14.6 Å². The van der Waals surface area contributed by atoms with Crippen LogP contribution in [0.25, 0.3) is 10.9 Å². The number of methoxy groups -OCH3 is 1. The minimum absolute atomic E-state index is 0.144. The van der Waals surface area contributed by atoms with E-state index in [0.29, 0.717) is 46.0 Å². The van der Waals surface area contributed by atoms with E-state index in [1.165, 1.54) is 11.7 Å². The summed E-state index contributed by atoms with van der Waals surface area (Å²) in [7, 11) is 1.48. The topological polar surface area (TPSA) is 109 Å². The lowest BCUT2D eigenvalue weighted by Crippen LogP contribution is -2.24. The van der Waals surface area contributed by atoms with E-state index < -0.39 is 5.97 Å². The Hall–Kier alpha value is -3.68. The molecule has 0 bridgehead atoms. The van der Waals surface area contributed by atoms with E-state index in [-0.39, 0.29) is 12.0 Å². The second-order valence-electron chi connectivity index (χ2n) is 6.39. The number of para-hydroxylation sites is 1. The summed E-state index contributed by atoms with van der Waals surface area (Å²) in [6.07, 6.45) is -0.265. The average Bonchev–Trinajstić information content (AvgIpc) is 2.71. The van der Waals surface area contributed by atoms with Gasteiger partial charge in [-0.25, -0.2) is 10.4 Å². The average molecular weight is 393 g/mol. The van der Waals surface area contributed by atoms with Crippen LogP contribution in [-0.2, 0) is 17.8 Å². The predicted molar refractivity (Wildman–Crippen MR) is 109 cm³/mol. The number of benzene rings is 2. The van der Waals surface area contributed by atoms with Gasteiger partial charge in [0.05, 0.1) is 23.7 Å². The van der Waals surface area contributed by atoms with Gasteiger partial charge in [-0.2, -0.15) is 5.10 Å². The Morgan fingerprint density at radius 3 is 2.72 bits per heavy atom. The molecule has 0 unspecified atom stereocenters. The highest BCUT2D eigenvalue weighted by molar-refractivity contribution is 5.99. The van der Waals surface area contributed by atoms with Gasteiger partial charge in [-0.1, -0.05) is 12.1 Å². The molecular weight excluding hydrogens is 372 g/mol.